The van der Waals surface area contributed by atoms with Gasteiger partial charge in [-0.05, 0) is 0 Å². The predicted octanol–water partition coefficient (Wildman–Crippen LogP) is 0.979. The van der Waals surface area contributed by atoms with Crippen molar-refractivity contribution in [2.24, 2.45) is 0 Å². The van der Waals surface area contributed by atoms with E-state index in [9.17, 15) is 0 Å². The summed E-state index contributed by atoms with van der Waals surface area (Å²) in [4.78, 5) is 0. The molecule has 1 nitrogen and oxygen atoms in total. The van der Waals surface area contributed by atoms with Gasteiger partial charge in [0.1, 0.15) is 0 Å². The first-order chi connectivity index (χ1) is 2.56. The molecule has 0 bridgehead atoms. The molecule has 0 spiro atoms. The van der Waals surface area contributed by atoms with Gasteiger partial charge in [0.25, 0.3) is 0 Å². The van der Waals surface area contributed by atoms with Gasteiger partial charge in [-0.15, -0.1) is 0 Å². The quantitative estimate of drug-likeness (QED) is 0.590. The van der Waals surface area contributed by atoms with E-state index in [2.05, 4.69) is 0 Å². The molecule has 1 radical (unpaired) electrons. The third kappa shape index (κ3) is 11.0. The first-order valence-corrected chi connectivity index (χ1v) is 2.09. The largest absolute Gasteiger partial charge is 0.422 e. The fraction of sp³-hybridized carbons (Fsp3) is 0.800. The zero-order valence-corrected chi connectivity index (χ0v) is 7.94. The van der Waals surface area contributed by atoms with E-state index in [0.29, 0.717) is 0 Å². The Hall–Kier alpha value is 1.06. The van der Waals surface area contributed by atoms with Gasteiger partial charge in [0.2, 0.25) is 0 Å². The standard InChI is InChI=1S/C5H11O.Y/c1-4-5(2,3)6;/h4,6H,1-3H3;/q-1;. The minimum absolute atomic E-state index is 0. The van der Waals surface area contributed by atoms with Gasteiger partial charge in [0, 0.05) is 32.7 Å². The molecule has 0 saturated heterocycles. The van der Waals surface area contributed by atoms with Crippen molar-refractivity contribution in [1.29, 1.82) is 0 Å². The molecule has 1 N–H and O–H groups in total. The van der Waals surface area contributed by atoms with Crippen LogP contribution >= 0.6 is 0 Å². The molecule has 0 unspecified atom stereocenters. The maximum absolute atomic E-state index is 8.77. The van der Waals surface area contributed by atoms with Crippen LogP contribution in [-0.2, 0) is 32.7 Å². The molecule has 0 aromatic rings. The molecule has 0 aromatic heterocycles. The Morgan fingerprint density at radius 3 is 1.57 bits per heavy atom. The average molecular weight is 176 g/mol. The van der Waals surface area contributed by atoms with Crippen molar-refractivity contribution in [3.63, 3.8) is 0 Å². The van der Waals surface area contributed by atoms with Crippen LogP contribution in [0, 0.1) is 6.42 Å². The van der Waals surface area contributed by atoms with Crippen LogP contribution in [0.5, 0.6) is 0 Å². The molecular formula is C5H11OY-. The van der Waals surface area contributed by atoms with Crippen molar-refractivity contribution < 1.29 is 37.8 Å². The second-order valence-corrected chi connectivity index (χ2v) is 1.94. The summed E-state index contributed by atoms with van der Waals surface area (Å²) in [6.07, 6.45) is 1.74. The van der Waals surface area contributed by atoms with Gasteiger partial charge >= 0.3 is 0 Å². The molecular weight excluding hydrogens is 165 g/mol. The maximum atomic E-state index is 8.77. The van der Waals surface area contributed by atoms with Crippen LogP contribution in [0.25, 0.3) is 0 Å². The predicted molar refractivity (Wildman–Crippen MR) is 26.3 cm³/mol. The van der Waals surface area contributed by atoms with E-state index in [-0.39, 0.29) is 32.7 Å². The number of aliphatic hydroxyl groups is 1. The molecule has 41 valence electrons. The van der Waals surface area contributed by atoms with Crippen molar-refractivity contribution in [2.45, 2.75) is 26.4 Å². The summed E-state index contributed by atoms with van der Waals surface area (Å²) in [5.41, 5.74) is -0.583. The van der Waals surface area contributed by atoms with Crippen molar-refractivity contribution in [3.05, 3.63) is 6.42 Å². The molecule has 0 aromatic carbocycles. The first kappa shape index (κ1) is 10.9. The van der Waals surface area contributed by atoms with Gasteiger partial charge < -0.3 is 11.5 Å². The van der Waals surface area contributed by atoms with E-state index in [1.165, 1.54) is 0 Å². The normalized spacial score (nSPS) is 10.3. The molecule has 0 atom stereocenters. The Bertz CT molecular complexity index is 37.8. The molecule has 0 amide bonds. The Morgan fingerprint density at radius 1 is 1.43 bits per heavy atom. The smallest absolute Gasteiger partial charge is 0 e. The van der Waals surface area contributed by atoms with Crippen LogP contribution in [0.2, 0.25) is 0 Å². The molecule has 0 heterocycles. The van der Waals surface area contributed by atoms with E-state index in [4.69, 9.17) is 5.11 Å². The van der Waals surface area contributed by atoms with Crippen LogP contribution in [0.4, 0.5) is 0 Å². The average Bonchev–Trinajstić information content (AvgIpc) is 1.35. The molecule has 2 heteroatoms. The summed E-state index contributed by atoms with van der Waals surface area (Å²) in [6, 6.07) is 0. The van der Waals surface area contributed by atoms with Crippen molar-refractivity contribution in [1.82, 2.24) is 0 Å². The van der Waals surface area contributed by atoms with Gasteiger partial charge in [-0.25, -0.2) is 0 Å². The number of rotatable bonds is 1. The van der Waals surface area contributed by atoms with E-state index >= 15 is 0 Å². The van der Waals surface area contributed by atoms with Crippen molar-refractivity contribution >= 4 is 0 Å². The summed E-state index contributed by atoms with van der Waals surface area (Å²) in [7, 11) is 0. The molecule has 0 fully saturated rings. The van der Waals surface area contributed by atoms with Gasteiger partial charge in [0.05, 0.1) is 0 Å². The fourth-order valence-electron chi connectivity index (χ4n) is 0. The Balaban J connectivity index is 0. The number of hydrogen-bond donors (Lipinski definition) is 1. The van der Waals surface area contributed by atoms with Crippen LogP contribution in [0.15, 0.2) is 0 Å². The molecule has 0 rings (SSSR count). The topological polar surface area (TPSA) is 20.2 Å². The molecule has 0 aliphatic carbocycles. The molecule has 0 aliphatic heterocycles. The summed E-state index contributed by atoms with van der Waals surface area (Å²) in [5.74, 6) is 0. The molecule has 0 saturated carbocycles. The van der Waals surface area contributed by atoms with E-state index in [1.54, 1.807) is 20.3 Å². The minimum Gasteiger partial charge on any atom is -0.422 e. The zero-order chi connectivity index (χ0) is 5.21. The van der Waals surface area contributed by atoms with E-state index in [1.807, 2.05) is 6.92 Å². The summed E-state index contributed by atoms with van der Waals surface area (Å²) >= 11 is 0. The molecule has 0 aliphatic rings. The molecule has 7 heavy (non-hydrogen) atoms. The SMILES string of the molecule is C[CH-]C(C)(C)O.[Y]. The van der Waals surface area contributed by atoms with Crippen LogP contribution in [0.1, 0.15) is 20.8 Å². The van der Waals surface area contributed by atoms with Gasteiger partial charge in [0.15, 0.2) is 0 Å². The van der Waals surface area contributed by atoms with Crippen LogP contribution < -0.4 is 0 Å². The Labute approximate surface area is 70.4 Å². The minimum atomic E-state index is -0.583. The maximum Gasteiger partial charge on any atom is 0 e. The monoisotopic (exact) mass is 176 g/mol. The summed E-state index contributed by atoms with van der Waals surface area (Å²) in [6.45, 7) is 5.32. The Morgan fingerprint density at radius 2 is 1.57 bits per heavy atom. The summed E-state index contributed by atoms with van der Waals surface area (Å²) in [5, 5.41) is 8.77. The van der Waals surface area contributed by atoms with Crippen molar-refractivity contribution in [3.8, 4) is 0 Å². The second-order valence-electron chi connectivity index (χ2n) is 1.94. The van der Waals surface area contributed by atoms with Crippen LogP contribution in [0.3, 0.4) is 0 Å². The first-order valence-electron chi connectivity index (χ1n) is 2.09. The van der Waals surface area contributed by atoms with Crippen LogP contribution in [-0.4, -0.2) is 10.7 Å². The van der Waals surface area contributed by atoms with Gasteiger partial charge in [-0.1, -0.05) is 19.4 Å². The Kier molecular flexibility index (Phi) is 6.24. The third-order valence-corrected chi connectivity index (χ3v) is 0.706. The second kappa shape index (κ2) is 3.99. The van der Waals surface area contributed by atoms with Crippen molar-refractivity contribution in [2.75, 3.05) is 0 Å². The van der Waals surface area contributed by atoms with Gasteiger partial charge in [-0.2, -0.15) is 6.92 Å². The van der Waals surface area contributed by atoms with Gasteiger partial charge in [-0.3, -0.25) is 0 Å². The van der Waals surface area contributed by atoms with E-state index in [0.717, 1.165) is 0 Å². The zero-order valence-electron chi connectivity index (χ0n) is 5.10. The third-order valence-electron chi connectivity index (χ3n) is 0.706. The number of hydrogen-bond acceptors (Lipinski definition) is 1. The van der Waals surface area contributed by atoms with E-state index < -0.39 is 5.60 Å². The fourth-order valence-corrected chi connectivity index (χ4v) is 0. The summed E-state index contributed by atoms with van der Waals surface area (Å²) < 4.78 is 0.